The van der Waals surface area contributed by atoms with E-state index in [0.29, 0.717) is 12.1 Å². The van der Waals surface area contributed by atoms with E-state index in [0.717, 1.165) is 19.0 Å². The Hall–Kier alpha value is -0.0800. The summed E-state index contributed by atoms with van der Waals surface area (Å²) in [6.07, 6.45) is 1.30. The molecule has 2 nitrogen and oxygen atoms in total. The summed E-state index contributed by atoms with van der Waals surface area (Å²) >= 11 is 0. The third kappa shape index (κ3) is 2.96. The number of rotatable bonds is 3. The van der Waals surface area contributed by atoms with Gasteiger partial charge in [0.15, 0.2) is 0 Å². The van der Waals surface area contributed by atoms with E-state index < -0.39 is 0 Å². The number of nitrogens with zero attached hydrogens (tertiary/aromatic N) is 1. The Labute approximate surface area is 82.7 Å². The van der Waals surface area contributed by atoms with Crippen molar-refractivity contribution in [1.82, 2.24) is 10.2 Å². The third-order valence-electron chi connectivity index (χ3n) is 3.23. The topological polar surface area (TPSA) is 15.3 Å². The Morgan fingerprint density at radius 3 is 2.31 bits per heavy atom. The van der Waals surface area contributed by atoms with Crippen molar-refractivity contribution in [1.29, 1.82) is 0 Å². The molecule has 1 fully saturated rings. The highest BCUT2D eigenvalue weighted by molar-refractivity contribution is 4.83. The lowest BCUT2D eigenvalue weighted by Crippen LogP contribution is -2.55. The molecule has 0 spiro atoms. The molecule has 0 aromatic heterocycles. The molecule has 0 aromatic carbocycles. The van der Waals surface area contributed by atoms with E-state index in [1.807, 2.05) is 0 Å². The Morgan fingerprint density at radius 2 is 1.85 bits per heavy atom. The molecule has 78 valence electrons. The molecule has 0 amide bonds. The fraction of sp³-hybridized carbons (Fsp3) is 1.00. The van der Waals surface area contributed by atoms with Crippen molar-refractivity contribution in [3.8, 4) is 0 Å². The highest BCUT2D eigenvalue weighted by atomic mass is 15.2. The number of nitrogens with one attached hydrogen (secondary N) is 1. The summed E-state index contributed by atoms with van der Waals surface area (Å²) in [7, 11) is 0. The van der Waals surface area contributed by atoms with Crippen molar-refractivity contribution in [2.75, 3.05) is 19.6 Å². The van der Waals surface area contributed by atoms with E-state index in [1.165, 1.54) is 13.0 Å². The minimum Gasteiger partial charge on any atom is -0.314 e. The van der Waals surface area contributed by atoms with E-state index >= 15 is 0 Å². The molecule has 3 atom stereocenters. The molecule has 1 rings (SSSR count). The molecule has 1 N–H and O–H groups in total. The first-order valence-electron chi connectivity index (χ1n) is 5.61. The predicted molar refractivity (Wildman–Crippen MR) is 58.0 cm³/mol. The van der Waals surface area contributed by atoms with Gasteiger partial charge in [-0.25, -0.2) is 0 Å². The van der Waals surface area contributed by atoms with Crippen LogP contribution in [0.25, 0.3) is 0 Å². The minimum atomic E-state index is 0.706. The molecule has 1 aliphatic rings. The maximum atomic E-state index is 3.46. The molecule has 0 bridgehead atoms. The van der Waals surface area contributed by atoms with Crippen LogP contribution in [0.4, 0.5) is 0 Å². The van der Waals surface area contributed by atoms with E-state index in [1.54, 1.807) is 0 Å². The van der Waals surface area contributed by atoms with Gasteiger partial charge in [-0.15, -0.1) is 0 Å². The first kappa shape index (κ1) is 11.0. The second kappa shape index (κ2) is 4.97. The van der Waals surface area contributed by atoms with E-state index in [4.69, 9.17) is 0 Å². The molecule has 0 aliphatic carbocycles. The quantitative estimate of drug-likeness (QED) is 0.718. The standard InChI is InChI=1S/C11H24N2/c1-5-9(2)8-13-10(3)6-12-7-11(13)4/h9-12H,5-8H2,1-4H3. The SMILES string of the molecule is CCC(C)CN1C(C)CNCC1C. The average molecular weight is 184 g/mol. The molecule has 13 heavy (non-hydrogen) atoms. The lowest BCUT2D eigenvalue weighted by Gasteiger charge is -2.40. The van der Waals surface area contributed by atoms with Gasteiger partial charge in [-0.2, -0.15) is 0 Å². The van der Waals surface area contributed by atoms with E-state index in [-0.39, 0.29) is 0 Å². The monoisotopic (exact) mass is 184 g/mol. The molecular weight excluding hydrogens is 160 g/mol. The molecule has 0 radical (unpaired) electrons. The van der Waals surface area contributed by atoms with Crippen LogP contribution < -0.4 is 5.32 Å². The lowest BCUT2D eigenvalue weighted by atomic mass is 10.0. The minimum absolute atomic E-state index is 0.706. The molecular formula is C11H24N2. The van der Waals surface area contributed by atoms with Crippen LogP contribution in [0, 0.1) is 5.92 Å². The van der Waals surface area contributed by atoms with Gasteiger partial charge in [-0.1, -0.05) is 20.3 Å². The summed E-state index contributed by atoms with van der Waals surface area (Å²) in [5.74, 6) is 0.836. The normalized spacial score (nSPS) is 33.2. The Balaban J connectivity index is 2.43. The van der Waals surface area contributed by atoms with Crippen LogP contribution in [0.2, 0.25) is 0 Å². The first-order chi connectivity index (χ1) is 6.15. The summed E-state index contributed by atoms with van der Waals surface area (Å²) in [5.41, 5.74) is 0. The molecule has 1 heterocycles. The zero-order valence-corrected chi connectivity index (χ0v) is 9.51. The average Bonchev–Trinajstić information content (AvgIpc) is 2.11. The number of hydrogen-bond acceptors (Lipinski definition) is 2. The fourth-order valence-corrected chi connectivity index (χ4v) is 2.02. The van der Waals surface area contributed by atoms with Crippen LogP contribution in [0.1, 0.15) is 34.1 Å². The molecule has 3 unspecified atom stereocenters. The molecule has 1 saturated heterocycles. The Kier molecular flexibility index (Phi) is 4.20. The summed E-state index contributed by atoms with van der Waals surface area (Å²) in [5, 5.41) is 3.46. The largest absolute Gasteiger partial charge is 0.314 e. The lowest BCUT2D eigenvalue weighted by molar-refractivity contribution is 0.0985. The van der Waals surface area contributed by atoms with Crippen LogP contribution >= 0.6 is 0 Å². The van der Waals surface area contributed by atoms with Gasteiger partial charge < -0.3 is 5.32 Å². The van der Waals surface area contributed by atoms with Crippen LogP contribution in [-0.4, -0.2) is 36.6 Å². The van der Waals surface area contributed by atoms with Gasteiger partial charge in [0, 0.05) is 31.7 Å². The second-order valence-corrected chi connectivity index (χ2v) is 4.57. The molecule has 0 aromatic rings. The van der Waals surface area contributed by atoms with Gasteiger partial charge in [-0.3, -0.25) is 4.90 Å². The van der Waals surface area contributed by atoms with Gasteiger partial charge in [0.1, 0.15) is 0 Å². The third-order valence-corrected chi connectivity index (χ3v) is 3.23. The maximum Gasteiger partial charge on any atom is 0.0195 e. The molecule has 2 heteroatoms. The van der Waals surface area contributed by atoms with Crippen LogP contribution in [-0.2, 0) is 0 Å². The Bertz CT molecular complexity index is 137. The second-order valence-electron chi connectivity index (χ2n) is 4.57. The predicted octanol–water partition coefficient (Wildman–Crippen LogP) is 1.71. The Morgan fingerprint density at radius 1 is 1.31 bits per heavy atom. The van der Waals surface area contributed by atoms with Crippen molar-refractivity contribution in [2.24, 2.45) is 5.92 Å². The van der Waals surface area contributed by atoms with Crippen molar-refractivity contribution in [3.63, 3.8) is 0 Å². The van der Waals surface area contributed by atoms with Crippen LogP contribution in [0.15, 0.2) is 0 Å². The summed E-state index contributed by atoms with van der Waals surface area (Å²) in [4.78, 5) is 2.64. The summed E-state index contributed by atoms with van der Waals surface area (Å²) < 4.78 is 0. The van der Waals surface area contributed by atoms with Crippen molar-refractivity contribution in [3.05, 3.63) is 0 Å². The highest BCUT2D eigenvalue weighted by Gasteiger charge is 2.24. The fourth-order valence-electron chi connectivity index (χ4n) is 2.02. The summed E-state index contributed by atoms with van der Waals surface area (Å²) in [6, 6.07) is 1.41. The smallest absolute Gasteiger partial charge is 0.0195 e. The summed E-state index contributed by atoms with van der Waals surface area (Å²) in [6.45, 7) is 12.8. The van der Waals surface area contributed by atoms with Gasteiger partial charge >= 0.3 is 0 Å². The van der Waals surface area contributed by atoms with Gasteiger partial charge in [-0.05, 0) is 19.8 Å². The van der Waals surface area contributed by atoms with Crippen LogP contribution in [0.5, 0.6) is 0 Å². The number of hydrogen-bond donors (Lipinski definition) is 1. The van der Waals surface area contributed by atoms with Crippen molar-refractivity contribution < 1.29 is 0 Å². The zero-order valence-electron chi connectivity index (χ0n) is 9.51. The molecule has 0 saturated carbocycles. The maximum absolute atomic E-state index is 3.46. The zero-order chi connectivity index (χ0) is 9.84. The number of piperazine rings is 1. The molecule has 1 aliphatic heterocycles. The van der Waals surface area contributed by atoms with Crippen molar-refractivity contribution in [2.45, 2.75) is 46.2 Å². The van der Waals surface area contributed by atoms with E-state index in [9.17, 15) is 0 Å². The first-order valence-corrected chi connectivity index (χ1v) is 5.61. The van der Waals surface area contributed by atoms with Gasteiger partial charge in [0.25, 0.3) is 0 Å². The van der Waals surface area contributed by atoms with Gasteiger partial charge in [0.2, 0.25) is 0 Å². The highest BCUT2D eigenvalue weighted by Crippen LogP contribution is 2.13. The van der Waals surface area contributed by atoms with E-state index in [2.05, 4.69) is 37.9 Å². The van der Waals surface area contributed by atoms with Gasteiger partial charge in [0.05, 0.1) is 0 Å². The van der Waals surface area contributed by atoms with Crippen LogP contribution in [0.3, 0.4) is 0 Å². The van der Waals surface area contributed by atoms with Crippen molar-refractivity contribution >= 4 is 0 Å².